The number of methoxy groups -OCH3 is 1. The van der Waals surface area contributed by atoms with Gasteiger partial charge in [0.25, 0.3) is 5.56 Å². The van der Waals surface area contributed by atoms with E-state index < -0.39 is 11.5 Å². The highest BCUT2D eigenvalue weighted by Gasteiger charge is 2.17. The molecule has 0 saturated heterocycles. The molecule has 0 spiro atoms. The number of pyridine rings is 1. The van der Waals surface area contributed by atoms with Crippen molar-refractivity contribution in [3.63, 3.8) is 0 Å². The molecule has 0 radical (unpaired) electrons. The molecular formula is C17H13Cl2N3O3S. The van der Waals surface area contributed by atoms with Gasteiger partial charge in [0.1, 0.15) is 0 Å². The van der Waals surface area contributed by atoms with Gasteiger partial charge in [-0.15, -0.1) is 0 Å². The zero-order valence-electron chi connectivity index (χ0n) is 13.8. The second kappa shape index (κ2) is 7.65. The van der Waals surface area contributed by atoms with E-state index in [1.54, 1.807) is 19.1 Å². The van der Waals surface area contributed by atoms with Crippen LogP contribution in [0.5, 0.6) is 0 Å². The van der Waals surface area contributed by atoms with Crippen LogP contribution < -0.4 is 5.56 Å². The predicted octanol–water partition coefficient (Wildman–Crippen LogP) is 4.01. The fourth-order valence-corrected chi connectivity index (χ4v) is 3.49. The third kappa shape index (κ3) is 3.85. The molecule has 0 fully saturated rings. The average molecular weight is 410 g/mol. The highest BCUT2D eigenvalue weighted by atomic mass is 35.5. The molecule has 0 atom stereocenters. The Morgan fingerprint density at radius 3 is 2.69 bits per heavy atom. The van der Waals surface area contributed by atoms with E-state index in [9.17, 15) is 9.59 Å². The van der Waals surface area contributed by atoms with E-state index in [0.717, 1.165) is 5.56 Å². The molecule has 0 aliphatic carbocycles. The number of aryl methyl sites for hydroxylation is 1. The van der Waals surface area contributed by atoms with Crippen molar-refractivity contribution >= 4 is 52.0 Å². The van der Waals surface area contributed by atoms with Gasteiger partial charge in [0.05, 0.1) is 28.1 Å². The summed E-state index contributed by atoms with van der Waals surface area (Å²) in [6.45, 7) is 1.72. The maximum atomic E-state index is 12.5. The van der Waals surface area contributed by atoms with E-state index in [0.29, 0.717) is 26.6 Å². The number of nitrogens with zero attached hydrogens (tertiary/aromatic N) is 2. The van der Waals surface area contributed by atoms with Gasteiger partial charge < -0.3 is 9.72 Å². The van der Waals surface area contributed by atoms with E-state index in [-0.39, 0.29) is 16.6 Å². The molecule has 0 aliphatic rings. The number of hydrogen-bond donors (Lipinski definition) is 1. The largest absolute Gasteiger partial charge is 0.465 e. The van der Waals surface area contributed by atoms with Crippen LogP contribution >= 0.6 is 35.0 Å². The Balaban J connectivity index is 1.97. The third-order valence-corrected chi connectivity index (χ3v) is 5.23. The first-order valence-electron chi connectivity index (χ1n) is 7.45. The zero-order chi connectivity index (χ0) is 18.8. The number of carbonyl (C=O) groups is 1. The number of hydrogen-bond acceptors (Lipinski definition) is 6. The normalized spacial score (nSPS) is 10.9. The van der Waals surface area contributed by atoms with Crippen LogP contribution in [0.2, 0.25) is 10.0 Å². The summed E-state index contributed by atoms with van der Waals surface area (Å²) in [5, 5.41) is 1.45. The molecule has 1 N–H and O–H groups in total. The summed E-state index contributed by atoms with van der Waals surface area (Å²) in [4.78, 5) is 35.7. The molecule has 2 heterocycles. The summed E-state index contributed by atoms with van der Waals surface area (Å²) in [7, 11) is 1.26. The molecule has 3 aromatic rings. The third-order valence-electron chi connectivity index (χ3n) is 3.55. The van der Waals surface area contributed by atoms with Gasteiger partial charge in [-0.2, -0.15) is 0 Å². The number of aromatic amines is 1. The monoisotopic (exact) mass is 409 g/mol. The van der Waals surface area contributed by atoms with Gasteiger partial charge in [-0.1, -0.05) is 41.0 Å². The molecule has 2 aromatic heterocycles. The van der Waals surface area contributed by atoms with Gasteiger partial charge in [0.2, 0.25) is 0 Å². The summed E-state index contributed by atoms with van der Waals surface area (Å²) in [5.74, 6) is -0.0786. The summed E-state index contributed by atoms with van der Waals surface area (Å²) >= 11 is 13.2. The number of H-pyrrole nitrogens is 1. The van der Waals surface area contributed by atoms with Crippen molar-refractivity contribution in [1.29, 1.82) is 0 Å². The molecular weight excluding hydrogens is 397 g/mol. The summed E-state index contributed by atoms with van der Waals surface area (Å²) in [6, 6.07) is 6.82. The standard InChI is InChI=1S/C17H13Cl2N3O3S/c1-8-5-10(16(24)25-2)13-14(20-8)21-17(22-15(13)23)26-7-9-3-4-11(18)12(19)6-9/h3-6H,7H2,1-2H3,(H,20,21,22,23). The summed E-state index contributed by atoms with van der Waals surface area (Å²) in [5.41, 5.74) is 1.39. The van der Waals surface area contributed by atoms with Crippen molar-refractivity contribution in [2.24, 2.45) is 0 Å². The van der Waals surface area contributed by atoms with Crippen LogP contribution in [0.1, 0.15) is 21.6 Å². The van der Waals surface area contributed by atoms with E-state index in [2.05, 4.69) is 15.0 Å². The molecule has 26 heavy (non-hydrogen) atoms. The minimum atomic E-state index is -0.607. The van der Waals surface area contributed by atoms with Gasteiger partial charge in [0, 0.05) is 11.4 Å². The number of fused-ring (bicyclic) bond motifs is 1. The first-order valence-corrected chi connectivity index (χ1v) is 9.20. The number of nitrogens with one attached hydrogen (secondary N) is 1. The fourth-order valence-electron chi connectivity index (χ4n) is 2.37. The second-order valence-corrected chi connectivity index (χ2v) is 7.19. The van der Waals surface area contributed by atoms with Gasteiger partial charge in [-0.3, -0.25) is 4.79 Å². The van der Waals surface area contributed by atoms with Crippen molar-refractivity contribution in [1.82, 2.24) is 15.0 Å². The number of esters is 1. The van der Waals surface area contributed by atoms with E-state index in [1.807, 2.05) is 6.07 Å². The highest BCUT2D eigenvalue weighted by Crippen LogP contribution is 2.26. The Morgan fingerprint density at radius 2 is 2.00 bits per heavy atom. The maximum absolute atomic E-state index is 12.5. The molecule has 3 rings (SSSR count). The van der Waals surface area contributed by atoms with Gasteiger partial charge >= 0.3 is 5.97 Å². The fraction of sp³-hybridized carbons (Fsp3) is 0.176. The molecule has 0 aliphatic heterocycles. The second-order valence-electron chi connectivity index (χ2n) is 5.41. The van der Waals surface area contributed by atoms with Crippen molar-refractivity contribution in [2.45, 2.75) is 17.8 Å². The molecule has 6 nitrogen and oxygen atoms in total. The molecule has 0 saturated carbocycles. The molecule has 9 heteroatoms. The topological polar surface area (TPSA) is 84.9 Å². The van der Waals surface area contributed by atoms with E-state index >= 15 is 0 Å². The van der Waals surface area contributed by atoms with Crippen LogP contribution in [0, 0.1) is 6.92 Å². The molecule has 0 unspecified atom stereocenters. The molecule has 1 aromatic carbocycles. The number of thioether (sulfide) groups is 1. The number of aromatic nitrogens is 3. The van der Waals surface area contributed by atoms with Crippen molar-refractivity contribution in [3.05, 3.63) is 61.5 Å². The predicted molar refractivity (Wildman–Crippen MR) is 102 cm³/mol. The number of rotatable bonds is 4. The lowest BCUT2D eigenvalue weighted by Gasteiger charge is -2.07. The van der Waals surface area contributed by atoms with Crippen LogP contribution in [-0.2, 0) is 10.5 Å². The van der Waals surface area contributed by atoms with Gasteiger partial charge in [-0.05, 0) is 30.7 Å². The van der Waals surface area contributed by atoms with Gasteiger partial charge in [-0.25, -0.2) is 14.8 Å². The first-order chi connectivity index (χ1) is 12.4. The van der Waals surface area contributed by atoms with Crippen LogP contribution in [0.3, 0.4) is 0 Å². The molecule has 0 amide bonds. The first kappa shape index (κ1) is 18.7. The minimum absolute atomic E-state index is 0.112. The Kier molecular flexibility index (Phi) is 5.50. The highest BCUT2D eigenvalue weighted by molar-refractivity contribution is 7.98. The van der Waals surface area contributed by atoms with Gasteiger partial charge in [0.15, 0.2) is 10.8 Å². The number of ether oxygens (including phenoxy) is 1. The number of benzene rings is 1. The Hall–Kier alpha value is -2.09. The summed E-state index contributed by atoms with van der Waals surface area (Å²) < 4.78 is 4.74. The Bertz CT molecular complexity index is 1070. The van der Waals surface area contributed by atoms with Crippen LogP contribution in [0.4, 0.5) is 0 Å². The van der Waals surface area contributed by atoms with E-state index in [1.165, 1.54) is 24.9 Å². The van der Waals surface area contributed by atoms with Crippen LogP contribution in [0.15, 0.2) is 34.2 Å². The SMILES string of the molecule is COC(=O)c1cc(C)nc2nc(SCc3ccc(Cl)c(Cl)c3)[nH]c(=O)c12. The van der Waals surface area contributed by atoms with Crippen LogP contribution in [-0.4, -0.2) is 28.0 Å². The zero-order valence-corrected chi connectivity index (χ0v) is 16.1. The quantitative estimate of drug-likeness (QED) is 0.398. The van der Waals surface area contributed by atoms with Crippen molar-refractivity contribution in [2.75, 3.05) is 7.11 Å². The Labute approximate surface area is 162 Å². The maximum Gasteiger partial charge on any atom is 0.338 e. The number of carbonyl (C=O) groups excluding carboxylic acids is 1. The van der Waals surface area contributed by atoms with Crippen molar-refractivity contribution in [3.8, 4) is 0 Å². The van der Waals surface area contributed by atoms with Crippen molar-refractivity contribution < 1.29 is 9.53 Å². The number of halogens is 2. The minimum Gasteiger partial charge on any atom is -0.465 e. The Morgan fingerprint density at radius 1 is 1.23 bits per heavy atom. The lowest BCUT2D eigenvalue weighted by atomic mass is 10.1. The lowest BCUT2D eigenvalue weighted by molar-refractivity contribution is 0.0602. The average Bonchev–Trinajstić information content (AvgIpc) is 2.61. The molecule has 0 bridgehead atoms. The smallest absolute Gasteiger partial charge is 0.338 e. The molecule has 134 valence electrons. The summed E-state index contributed by atoms with van der Waals surface area (Å²) in [6.07, 6.45) is 0. The van der Waals surface area contributed by atoms with E-state index in [4.69, 9.17) is 27.9 Å². The lowest BCUT2D eigenvalue weighted by Crippen LogP contribution is -2.16. The van der Waals surface area contributed by atoms with Crippen LogP contribution in [0.25, 0.3) is 11.0 Å².